The topological polar surface area (TPSA) is 52.6 Å². The Kier molecular flexibility index (Phi) is 6.86. The van der Waals surface area contributed by atoms with Crippen LogP contribution in [-0.2, 0) is 19.1 Å². The average Bonchev–Trinajstić information content (AvgIpc) is 2.62. The molecular weight excluding hydrogens is 316 g/mol. The SMILES string of the molecule is C=CC(=O)OC1CCC(C(C)(C)C2CCC(OC(=O)C=C)CC2)CC1. The van der Waals surface area contributed by atoms with E-state index in [0.717, 1.165) is 51.4 Å². The quantitative estimate of drug-likeness (QED) is 0.520. The summed E-state index contributed by atoms with van der Waals surface area (Å²) in [6.45, 7) is 11.7. The van der Waals surface area contributed by atoms with E-state index in [1.165, 1.54) is 12.2 Å². The van der Waals surface area contributed by atoms with Crippen LogP contribution < -0.4 is 0 Å². The summed E-state index contributed by atoms with van der Waals surface area (Å²) in [5.41, 5.74) is 0.265. The maximum atomic E-state index is 11.4. The smallest absolute Gasteiger partial charge is 0.330 e. The summed E-state index contributed by atoms with van der Waals surface area (Å²) in [7, 11) is 0. The zero-order valence-electron chi connectivity index (χ0n) is 15.7. The average molecular weight is 348 g/mol. The van der Waals surface area contributed by atoms with Crippen molar-refractivity contribution in [3.8, 4) is 0 Å². The fourth-order valence-corrected chi connectivity index (χ4v) is 4.61. The van der Waals surface area contributed by atoms with Crippen molar-refractivity contribution in [1.29, 1.82) is 0 Å². The van der Waals surface area contributed by atoms with Crippen LogP contribution in [0.3, 0.4) is 0 Å². The molecular formula is C21H32O4. The van der Waals surface area contributed by atoms with Crippen molar-refractivity contribution in [3.63, 3.8) is 0 Å². The predicted octanol–water partition coefficient (Wildman–Crippen LogP) is 4.59. The van der Waals surface area contributed by atoms with Crippen molar-refractivity contribution in [1.82, 2.24) is 0 Å². The lowest BCUT2D eigenvalue weighted by Crippen LogP contribution is -2.39. The van der Waals surface area contributed by atoms with Gasteiger partial charge in [0.15, 0.2) is 0 Å². The molecule has 4 heteroatoms. The Bertz CT molecular complexity index is 448. The van der Waals surface area contributed by atoms with E-state index in [0.29, 0.717) is 11.8 Å². The van der Waals surface area contributed by atoms with Gasteiger partial charge in [-0.15, -0.1) is 0 Å². The monoisotopic (exact) mass is 348 g/mol. The molecule has 140 valence electrons. The highest BCUT2D eigenvalue weighted by molar-refractivity contribution is 5.81. The maximum absolute atomic E-state index is 11.4. The van der Waals surface area contributed by atoms with Crippen LogP contribution in [0.2, 0.25) is 0 Å². The molecule has 2 aliphatic carbocycles. The number of carbonyl (C=O) groups is 2. The first kappa shape index (κ1) is 19.7. The van der Waals surface area contributed by atoms with Crippen LogP contribution in [0.1, 0.15) is 65.2 Å². The molecule has 0 aromatic carbocycles. The summed E-state index contributed by atoms with van der Waals surface area (Å²) in [6.07, 6.45) is 10.8. The highest BCUT2D eigenvalue weighted by Crippen LogP contribution is 2.48. The molecule has 0 aliphatic heterocycles. The zero-order chi connectivity index (χ0) is 18.4. The van der Waals surface area contributed by atoms with E-state index in [9.17, 15) is 9.59 Å². The Hall–Kier alpha value is -1.58. The number of esters is 2. The molecule has 0 radical (unpaired) electrons. The second kappa shape index (κ2) is 8.68. The molecule has 0 unspecified atom stereocenters. The van der Waals surface area contributed by atoms with Crippen LogP contribution in [0.5, 0.6) is 0 Å². The lowest BCUT2D eigenvalue weighted by atomic mass is 9.60. The second-order valence-electron chi connectivity index (χ2n) is 8.05. The predicted molar refractivity (Wildman–Crippen MR) is 97.9 cm³/mol. The first-order valence-electron chi connectivity index (χ1n) is 9.53. The van der Waals surface area contributed by atoms with Gasteiger partial charge in [0.05, 0.1) is 0 Å². The van der Waals surface area contributed by atoms with Crippen LogP contribution in [0.15, 0.2) is 25.3 Å². The summed E-state index contributed by atoms with van der Waals surface area (Å²) in [5.74, 6) is 0.692. The second-order valence-corrected chi connectivity index (χ2v) is 8.05. The maximum Gasteiger partial charge on any atom is 0.330 e. The first-order chi connectivity index (χ1) is 11.9. The third-order valence-corrected chi connectivity index (χ3v) is 6.35. The number of ether oxygens (including phenoxy) is 2. The molecule has 0 bridgehead atoms. The summed E-state index contributed by atoms with van der Waals surface area (Å²) < 4.78 is 10.8. The molecule has 0 atom stereocenters. The van der Waals surface area contributed by atoms with Crippen molar-refractivity contribution in [2.24, 2.45) is 17.3 Å². The van der Waals surface area contributed by atoms with E-state index in [-0.39, 0.29) is 29.6 Å². The highest BCUT2D eigenvalue weighted by atomic mass is 16.5. The van der Waals surface area contributed by atoms with E-state index in [2.05, 4.69) is 27.0 Å². The largest absolute Gasteiger partial charge is 0.459 e. The van der Waals surface area contributed by atoms with Crippen molar-refractivity contribution < 1.29 is 19.1 Å². The number of hydrogen-bond acceptors (Lipinski definition) is 4. The minimum Gasteiger partial charge on any atom is -0.459 e. The molecule has 2 saturated carbocycles. The molecule has 2 rings (SSSR count). The molecule has 0 saturated heterocycles. The summed E-state index contributed by atoms with van der Waals surface area (Å²) >= 11 is 0. The van der Waals surface area contributed by atoms with Crippen LogP contribution >= 0.6 is 0 Å². The van der Waals surface area contributed by atoms with E-state index >= 15 is 0 Å². The molecule has 0 amide bonds. The number of hydrogen-bond donors (Lipinski definition) is 0. The Morgan fingerprint density at radius 1 is 0.760 bits per heavy atom. The van der Waals surface area contributed by atoms with Gasteiger partial charge < -0.3 is 9.47 Å². The molecule has 4 nitrogen and oxygen atoms in total. The normalized spacial score (nSPS) is 30.2. The lowest BCUT2D eigenvalue weighted by Gasteiger charge is -2.46. The van der Waals surface area contributed by atoms with Gasteiger partial charge in [0.2, 0.25) is 0 Å². The standard InChI is InChI=1S/C21H32O4/c1-5-19(22)24-17-11-7-15(8-12-17)21(3,4)16-9-13-18(14-10-16)25-20(23)6-2/h5-6,15-18H,1-2,7-14H2,3-4H3. The molecule has 0 heterocycles. The van der Waals surface area contributed by atoms with E-state index in [1.807, 2.05) is 0 Å². The molecule has 0 spiro atoms. The summed E-state index contributed by atoms with van der Waals surface area (Å²) in [6, 6.07) is 0. The summed E-state index contributed by atoms with van der Waals surface area (Å²) in [4.78, 5) is 22.7. The Morgan fingerprint density at radius 3 is 1.36 bits per heavy atom. The molecule has 2 aliphatic rings. The minimum atomic E-state index is -0.310. The summed E-state index contributed by atoms with van der Waals surface area (Å²) in [5, 5.41) is 0. The fourth-order valence-electron chi connectivity index (χ4n) is 4.61. The Labute approximate surface area is 151 Å². The zero-order valence-corrected chi connectivity index (χ0v) is 15.7. The lowest BCUT2D eigenvalue weighted by molar-refractivity contribution is -0.145. The first-order valence-corrected chi connectivity index (χ1v) is 9.53. The Balaban J connectivity index is 1.82. The third kappa shape index (κ3) is 5.20. The van der Waals surface area contributed by atoms with E-state index < -0.39 is 0 Å². The van der Waals surface area contributed by atoms with Crippen LogP contribution in [0, 0.1) is 17.3 Å². The van der Waals surface area contributed by atoms with E-state index in [1.54, 1.807) is 0 Å². The van der Waals surface area contributed by atoms with Gasteiger partial charge in [-0.25, -0.2) is 9.59 Å². The number of carbonyl (C=O) groups excluding carboxylic acids is 2. The van der Waals surface area contributed by atoms with Gasteiger partial charge in [-0.3, -0.25) is 0 Å². The molecule has 0 N–H and O–H groups in total. The van der Waals surface area contributed by atoms with Crippen LogP contribution in [-0.4, -0.2) is 24.1 Å². The Morgan fingerprint density at radius 2 is 1.08 bits per heavy atom. The van der Waals surface area contributed by atoms with Gasteiger partial charge in [-0.05, 0) is 68.6 Å². The highest BCUT2D eigenvalue weighted by Gasteiger charge is 2.41. The van der Waals surface area contributed by atoms with Gasteiger partial charge >= 0.3 is 11.9 Å². The van der Waals surface area contributed by atoms with E-state index in [4.69, 9.17) is 9.47 Å². The molecule has 0 aromatic rings. The van der Waals surface area contributed by atoms with Crippen LogP contribution in [0.25, 0.3) is 0 Å². The van der Waals surface area contributed by atoms with Gasteiger partial charge in [-0.2, -0.15) is 0 Å². The molecule has 2 fully saturated rings. The van der Waals surface area contributed by atoms with Crippen molar-refractivity contribution in [2.75, 3.05) is 0 Å². The minimum absolute atomic E-state index is 0.0478. The van der Waals surface area contributed by atoms with Crippen molar-refractivity contribution in [2.45, 2.75) is 77.4 Å². The van der Waals surface area contributed by atoms with Gasteiger partial charge in [0, 0.05) is 12.2 Å². The fraction of sp³-hybridized carbons (Fsp3) is 0.714. The van der Waals surface area contributed by atoms with Crippen molar-refractivity contribution >= 4 is 11.9 Å². The van der Waals surface area contributed by atoms with Crippen molar-refractivity contribution in [3.05, 3.63) is 25.3 Å². The molecule has 0 aromatic heterocycles. The number of rotatable bonds is 6. The van der Waals surface area contributed by atoms with Crippen LogP contribution in [0.4, 0.5) is 0 Å². The van der Waals surface area contributed by atoms with Gasteiger partial charge in [0.1, 0.15) is 12.2 Å². The molecule has 25 heavy (non-hydrogen) atoms. The van der Waals surface area contributed by atoms with Gasteiger partial charge in [-0.1, -0.05) is 27.0 Å². The third-order valence-electron chi connectivity index (χ3n) is 6.35. The van der Waals surface area contributed by atoms with Gasteiger partial charge in [0.25, 0.3) is 0 Å².